The first kappa shape index (κ1) is 46.2. The van der Waals surface area contributed by atoms with Gasteiger partial charge in [0.25, 0.3) is 17.7 Å². The first-order valence-corrected chi connectivity index (χ1v) is 26.8. The number of aromatic amines is 1. The molecular weight excluding hydrogens is 1070 g/mol. The summed E-state index contributed by atoms with van der Waals surface area (Å²) in [6.07, 6.45) is 8.10. The number of hydrogen-bond donors (Lipinski definition) is 1. The minimum Gasteiger partial charge on any atom is -0.486 e. The van der Waals surface area contributed by atoms with Crippen molar-refractivity contribution in [1.29, 1.82) is 0 Å². The number of carbonyl (C=O) groups excluding carboxylic acids is 2. The Balaban J connectivity index is 0.990. The second kappa shape index (κ2) is 18.4. The Bertz CT molecular complexity index is 4220. The second-order valence-corrected chi connectivity index (χ2v) is 20.4. The summed E-state index contributed by atoms with van der Waals surface area (Å²) in [6.45, 7) is 2.04. The van der Waals surface area contributed by atoms with E-state index < -0.39 is 23.2 Å². The van der Waals surface area contributed by atoms with E-state index in [1.54, 1.807) is 55.0 Å². The summed E-state index contributed by atoms with van der Waals surface area (Å²) in [6, 6.07) is 21.0. The molecule has 15 heterocycles. The molecule has 25 heteroatoms. The third-order valence-corrected chi connectivity index (χ3v) is 15.9. The van der Waals surface area contributed by atoms with Crippen molar-refractivity contribution in [3.05, 3.63) is 115 Å². The molecule has 1 radical (unpaired) electrons. The molecule has 10 aromatic rings. The summed E-state index contributed by atoms with van der Waals surface area (Å²) in [5, 5.41) is 4.70. The topological polar surface area (TPSA) is 255 Å². The van der Waals surface area contributed by atoms with E-state index in [9.17, 15) is 0 Å². The van der Waals surface area contributed by atoms with E-state index in [-0.39, 0.29) is 79.1 Å². The van der Waals surface area contributed by atoms with E-state index in [0.717, 1.165) is 16.9 Å². The Hall–Kier alpha value is -9.88. The fraction of sp³-hybridized carbons (Fsp3) is 0.182. The van der Waals surface area contributed by atoms with E-state index >= 15 is 9.59 Å². The minimum atomic E-state index is -1.40. The molecule has 2 amide bonds. The van der Waals surface area contributed by atoms with Crippen LogP contribution in [0, 0.1) is 6.07 Å². The fourth-order valence-electron chi connectivity index (χ4n) is 10.5. The molecule has 0 aliphatic carbocycles. The van der Waals surface area contributed by atoms with Crippen LogP contribution < -0.4 is 52.4 Å². The maximum atomic E-state index is 16.1. The maximum absolute atomic E-state index is 16.1. The SMILES string of the molecule is O=C1C(c2cnc3snnc3c2)Sc2nc[c]cc2N1c1cnc2c(c1-c1cnc3c(c1-c1cc(-c4cc5cccnc5[nH]4)c4c(n1)OCCO4)OCCO3)N(c1ccc3c(c1)OCCO3)C(=O)C(c1cc3c(cn1)OCCO3)O2. The van der Waals surface area contributed by atoms with Gasteiger partial charge in [-0.2, -0.15) is 0 Å². The summed E-state index contributed by atoms with van der Waals surface area (Å²) in [4.78, 5) is 72.9. The highest BCUT2D eigenvalue weighted by atomic mass is 32.2. The summed E-state index contributed by atoms with van der Waals surface area (Å²) in [5.74, 6) is 1.63. The molecule has 9 aromatic heterocycles. The number of carbonyl (C=O) groups is 2. The molecule has 16 rings (SSSR count). The Labute approximate surface area is 458 Å². The third kappa shape index (κ3) is 7.44. The van der Waals surface area contributed by atoms with Crippen LogP contribution in [0.15, 0.2) is 103 Å². The van der Waals surface area contributed by atoms with Gasteiger partial charge in [-0.1, -0.05) is 16.3 Å². The number of thioether (sulfide) groups is 1. The van der Waals surface area contributed by atoms with Crippen LogP contribution in [-0.4, -0.2) is 114 Å². The summed E-state index contributed by atoms with van der Waals surface area (Å²) in [7, 11) is 0. The van der Waals surface area contributed by atoms with Crippen molar-refractivity contribution < 1.29 is 52.2 Å². The van der Waals surface area contributed by atoms with E-state index in [2.05, 4.69) is 35.6 Å². The smallest absolute Gasteiger partial charge is 0.279 e. The number of nitrogens with zero attached hydrogens (tertiary/aromatic N) is 11. The van der Waals surface area contributed by atoms with Crippen molar-refractivity contribution in [3.8, 4) is 85.8 Å². The van der Waals surface area contributed by atoms with Crippen LogP contribution in [0.3, 0.4) is 0 Å². The van der Waals surface area contributed by atoms with Crippen molar-refractivity contribution in [3.63, 3.8) is 0 Å². The van der Waals surface area contributed by atoms with Gasteiger partial charge in [0.2, 0.25) is 17.9 Å². The number of hydrogen-bond acceptors (Lipinski definition) is 22. The van der Waals surface area contributed by atoms with Gasteiger partial charge in [0.1, 0.15) is 80.0 Å². The van der Waals surface area contributed by atoms with Crippen molar-refractivity contribution in [2.24, 2.45) is 0 Å². The van der Waals surface area contributed by atoms with Crippen molar-refractivity contribution in [2.75, 3.05) is 62.7 Å². The average molecular weight is 1100 g/mol. The van der Waals surface area contributed by atoms with E-state index in [0.29, 0.717) is 115 Å². The summed E-state index contributed by atoms with van der Waals surface area (Å²) >= 11 is 2.40. The van der Waals surface area contributed by atoms with Gasteiger partial charge in [-0.25, -0.2) is 29.9 Å². The molecule has 0 saturated heterocycles. The number of ether oxygens (including phenoxy) is 9. The van der Waals surface area contributed by atoms with E-state index in [4.69, 9.17) is 62.6 Å². The third-order valence-electron chi connectivity index (χ3n) is 14.0. The standard InChI is InChI=1S/C55H35N12O11S2/c68-54-45(33-21-39-40(25-58-33)73-12-11-72-39)78-49-43(66(54)28-5-6-37-38(19-28)71-10-9-70-37)42(36(24-60-49)67-35-4-2-8-57-53(35)79-47(55(67)69)27-18-34-52(61-22-27)80-65-64-34)30-23-59-50-46(75-14-15-76-50)41(30)32-20-29(44-51(63-32)77-16-13-74-44)31-17-26-3-1-7-56-48(26)62-31/h1,3-8,17-25,45,47H,9-16H2,(H,56,62). The molecule has 6 aliphatic heterocycles. The number of nitrogens with one attached hydrogen (secondary N) is 1. The van der Waals surface area contributed by atoms with E-state index in [1.807, 2.05) is 24.3 Å². The number of anilines is 4. The number of H-pyrrole nitrogens is 1. The zero-order valence-corrected chi connectivity index (χ0v) is 42.9. The van der Waals surface area contributed by atoms with E-state index in [1.165, 1.54) is 40.2 Å². The highest BCUT2D eigenvalue weighted by molar-refractivity contribution is 8.00. The molecule has 1 N–H and O–H groups in total. The molecule has 1 aromatic carbocycles. The highest BCUT2D eigenvalue weighted by Gasteiger charge is 2.46. The van der Waals surface area contributed by atoms with Crippen LogP contribution in [0.5, 0.6) is 52.1 Å². The summed E-state index contributed by atoms with van der Waals surface area (Å²) in [5.41, 5.74) is 5.39. The largest absolute Gasteiger partial charge is 0.486 e. The molecule has 393 valence electrons. The van der Waals surface area contributed by atoms with Gasteiger partial charge < -0.3 is 47.6 Å². The molecule has 23 nitrogen and oxygen atoms in total. The molecular formula is C55H35N12O11S2. The van der Waals surface area contributed by atoms with Gasteiger partial charge in [-0.05, 0) is 54.1 Å². The van der Waals surface area contributed by atoms with Gasteiger partial charge in [0, 0.05) is 76.6 Å². The fourth-order valence-corrected chi connectivity index (χ4v) is 12.1. The molecule has 0 bridgehead atoms. The molecule has 0 fully saturated rings. The van der Waals surface area contributed by atoms with Crippen LogP contribution in [-0.2, 0) is 9.59 Å². The van der Waals surface area contributed by atoms with Crippen molar-refractivity contribution in [2.45, 2.75) is 16.4 Å². The van der Waals surface area contributed by atoms with Gasteiger partial charge in [-0.3, -0.25) is 24.4 Å². The number of benzene rings is 1. The van der Waals surface area contributed by atoms with Gasteiger partial charge in [0.15, 0.2) is 39.3 Å². The van der Waals surface area contributed by atoms with Crippen LogP contribution in [0.4, 0.5) is 22.7 Å². The van der Waals surface area contributed by atoms with Gasteiger partial charge in [0.05, 0.1) is 52.1 Å². The number of aromatic nitrogens is 10. The zero-order valence-electron chi connectivity index (χ0n) is 41.3. The Kier molecular flexibility index (Phi) is 10.6. The summed E-state index contributed by atoms with van der Waals surface area (Å²) < 4.78 is 60.4. The monoisotopic (exact) mass is 1100 g/mol. The number of amides is 2. The Morgan fingerprint density at radius 1 is 0.637 bits per heavy atom. The maximum Gasteiger partial charge on any atom is 0.279 e. The van der Waals surface area contributed by atoms with Gasteiger partial charge in [-0.15, -0.1) is 5.10 Å². The predicted octanol–water partition coefficient (Wildman–Crippen LogP) is 8.13. The lowest BCUT2D eigenvalue weighted by molar-refractivity contribution is -0.126. The number of rotatable bonds is 7. The molecule has 80 heavy (non-hydrogen) atoms. The second-order valence-electron chi connectivity index (χ2n) is 18.6. The van der Waals surface area contributed by atoms with Crippen molar-refractivity contribution >= 4 is 79.2 Å². The molecule has 2 unspecified atom stereocenters. The lowest BCUT2D eigenvalue weighted by Crippen LogP contribution is -2.40. The van der Waals surface area contributed by atoms with Gasteiger partial charge >= 0.3 is 0 Å². The van der Waals surface area contributed by atoms with Crippen LogP contribution >= 0.6 is 23.3 Å². The normalized spacial score (nSPS) is 17.7. The highest BCUT2D eigenvalue weighted by Crippen LogP contribution is 2.59. The Morgan fingerprint density at radius 3 is 2.33 bits per heavy atom. The minimum absolute atomic E-state index is 0.0267. The first-order valence-electron chi connectivity index (χ1n) is 25.1. The zero-order chi connectivity index (χ0) is 53.0. The molecule has 6 aliphatic rings. The predicted molar refractivity (Wildman–Crippen MR) is 285 cm³/mol. The number of pyridine rings is 7. The molecule has 0 saturated carbocycles. The van der Waals surface area contributed by atoms with Crippen LogP contribution in [0.1, 0.15) is 22.6 Å². The van der Waals surface area contributed by atoms with Crippen LogP contribution in [0.2, 0.25) is 0 Å². The quantitative estimate of drug-likeness (QED) is 0.158. The lowest BCUT2D eigenvalue weighted by atomic mass is 9.93. The average Bonchev–Trinajstić information content (AvgIpc) is 4.25. The van der Waals surface area contributed by atoms with Crippen LogP contribution in [0.25, 0.3) is 55.0 Å². The molecule has 2 atom stereocenters. The first-order chi connectivity index (χ1) is 39.5. The van der Waals surface area contributed by atoms with Crippen molar-refractivity contribution in [1.82, 2.24) is 49.5 Å². The molecule has 0 spiro atoms. The lowest BCUT2D eigenvalue weighted by Gasteiger charge is -2.39. The Morgan fingerprint density at radius 2 is 1.44 bits per heavy atom. The number of fused-ring (bicyclic) bond motifs is 8.